The van der Waals surface area contributed by atoms with E-state index in [9.17, 15) is 9.90 Å². The number of nitrogens with one attached hydrogen (secondary N) is 1. The Kier molecular flexibility index (Phi) is 5.91. The minimum Gasteiger partial charge on any atom is -0.507 e. The van der Waals surface area contributed by atoms with E-state index in [2.05, 4.69) is 41.8 Å². The Morgan fingerprint density at radius 1 is 1.33 bits per heavy atom. The topological polar surface area (TPSA) is 49.3 Å². The zero-order chi connectivity index (χ0) is 13.7. The number of phenols is 1. The fraction of sp³-hybridized carbons (Fsp3) is 0.500. The number of benzene rings is 1. The van der Waals surface area contributed by atoms with Crippen molar-refractivity contribution in [2.75, 3.05) is 0 Å². The van der Waals surface area contributed by atoms with Crippen LogP contribution in [0.1, 0.15) is 44.0 Å². The van der Waals surface area contributed by atoms with Crippen LogP contribution < -0.4 is 5.32 Å². The number of carbonyl (C=O) groups is 1. The molecular weight excluding hydrogens is 341 g/mol. The van der Waals surface area contributed by atoms with Gasteiger partial charge in [0.05, 0.1) is 5.56 Å². The summed E-state index contributed by atoms with van der Waals surface area (Å²) in [5.74, 6) is 0.460. The third kappa shape index (κ3) is 4.84. The molecule has 1 amide bonds. The Labute approximate surface area is 122 Å². The van der Waals surface area contributed by atoms with Crippen LogP contribution in [0.2, 0.25) is 0 Å². The number of aromatic hydroxyl groups is 1. The first-order chi connectivity index (χ1) is 8.40. The Morgan fingerprint density at radius 3 is 2.61 bits per heavy atom. The van der Waals surface area contributed by atoms with E-state index in [1.54, 1.807) is 18.2 Å². The molecule has 4 heteroatoms. The highest BCUT2D eigenvalue weighted by molar-refractivity contribution is 14.1. The van der Waals surface area contributed by atoms with Crippen LogP contribution in [0.3, 0.4) is 0 Å². The van der Waals surface area contributed by atoms with E-state index in [0.717, 1.165) is 16.4 Å². The maximum Gasteiger partial charge on any atom is 0.255 e. The lowest BCUT2D eigenvalue weighted by Gasteiger charge is -2.15. The number of hydrogen-bond donors (Lipinski definition) is 2. The minimum absolute atomic E-state index is 0.0315. The standard InChI is InChI=1S/C14H20INO2/c1-9(2)4-5-10(3)16-14(18)12-8-11(15)6-7-13(12)17/h6-10,17H,4-5H2,1-3H3,(H,16,18). The largest absolute Gasteiger partial charge is 0.507 e. The molecule has 0 fully saturated rings. The van der Waals surface area contributed by atoms with E-state index >= 15 is 0 Å². The van der Waals surface area contributed by atoms with Crippen LogP contribution in [0, 0.1) is 9.49 Å². The molecule has 0 aliphatic carbocycles. The normalized spacial score (nSPS) is 12.5. The maximum absolute atomic E-state index is 12.0. The van der Waals surface area contributed by atoms with Gasteiger partial charge in [0, 0.05) is 9.61 Å². The molecule has 0 saturated heterocycles. The summed E-state index contributed by atoms with van der Waals surface area (Å²) in [6.45, 7) is 6.32. The lowest BCUT2D eigenvalue weighted by molar-refractivity contribution is 0.0934. The fourth-order valence-corrected chi connectivity index (χ4v) is 2.14. The zero-order valence-electron chi connectivity index (χ0n) is 11.0. The van der Waals surface area contributed by atoms with Gasteiger partial charge in [0.15, 0.2) is 0 Å². The molecule has 0 saturated carbocycles. The average molecular weight is 361 g/mol. The molecule has 0 aliphatic rings. The summed E-state index contributed by atoms with van der Waals surface area (Å²) in [7, 11) is 0. The molecule has 3 nitrogen and oxygen atoms in total. The van der Waals surface area contributed by atoms with Crippen LogP contribution in [0.5, 0.6) is 5.75 Å². The van der Waals surface area contributed by atoms with Crippen molar-refractivity contribution in [3.63, 3.8) is 0 Å². The molecule has 1 aromatic carbocycles. The summed E-state index contributed by atoms with van der Waals surface area (Å²) in [4.78, 5) is 12.0. The van der Waals surface area contributed by atoms with Crippen molar-refractivity contribution in [1.82, 2.24) is 5.32 Å². The molecule has 1 aromatic rings. The van der Waals surface area contributed by atoms with Gasteiger partial charge >= 0.3 is 0 Å². The third-order valence-corrected chi connectivity index (χ3v) is 3.43. The molecule has 2 N–H and O–H groups in total. The monoisotopic (exact) mass is 361 g/mol. The molecule has 0 radical (unpaired) electrons. The Bertz CT molecular complexity index is 418. The number of phenolic OH excluding ortho intramolecular Hbond substituents is 1. The van der Waals surface area contributed by atoms with Gasteiger partial charge in [0.1, 0.15) is 5.75 Å². The predicted molar refractivity (Wildman–Crippen MR) is 81.8 cm³/mol. The number of halogens is 1. The first-order valence-electron chi connectivity index (χ1n) is 6.19. The molecule has 0 spiro atoms. The van der Waals surface area contributed by atoms with E-state index < -0.39 is 0 Å². The van der Waals surface area contributed by atoms with Crippen LogP contribution in [-0.4, -0.2) is 17.1 Å². The van der Waals surface area contributed by atoms with Crippen molar-refractivity contribution in [2.24, 2.45) is 5.92 Å². The van der Waals surface area contributed by atoms with Crippen molar-refractivity contribution < 1.29 is 9.90 Å². The fourth-order valence-electron chi connectivity index (χ4n) is 1.65. The van der Waals surface area contributed by atoms with Crippen LogP contribution in [-0.2, 0) is 0 Å². The molecule has 18 heavy (non-hydrogen) atoms. The smallest absolute Gasteiger partial charge is 0.255 e. The number of hydrogen-bond acceptors (Lipinski definition) is 2. The summed E-state index contributed by atoms with van der Waals surface area (Å²) >= 11 is 2.12. The van der Waals surface area contributed by atoms with Crippen molar-refractivity contribution in [1.29, 1.82) is 0 Å². The number of rotatable bonds is 5. The van der Waals surface area contributed by atoms with Crippen LogP contribution in [0.4, 0.5) is 0 Å². The summed E-state index contributed by atoms with van der Waals surface area (Å²) in [6, 6.07) is 5.14. The zero-order valence-corrected chi connectivity index (χ0v) is 13.2. The second kappa shape index (κ2) is 6.97. The SMILES string of the molecule is CC(C)CCC(C)NC(=O)c1cc(I)ccc1O. The van der Waals surface area contributed by atoms with E-state index in [1.807, 2.05) is 6.92 Å². The van der Waals surface area contributed by atoms with E-state index in [-0.39, 0.29) is 17.7 Å². The first-order valence-corrected chi connectivity index (χ1v) is 7.27. The van der Waals surface area contributed by atoms with Crippen LogP contribution >= 0.6 is 22.6 Å². The molecule has 0 heterocycles. The molecule has 1 atom stereocenters. The van der Waals surface area contributed by atoms with Crippen molar-refractivity contribution in [2.45, 2.75) is 39.7 Å². The van der Waals surface area contributed by atoms with Gasteiger partial charge in [-0.15, -0.1) is 0 Å². The first kappa shape index (κ1) is 15.3. The van der Waals surface area contributed by atoms with Gasteiger partial charge in [-0.05, 0) is 66.5 Å². The van der Waals surface area contributed by atoms with Crippen molar-refractivity contribution in [3.05, 3.63) is 27.3 Å². The second-order valence-corrected chi connectivity index (χ2v) is 6.25. The number of carbonyl (C=O) groups excluding carboxylic acids is 1. The van der Waals surface area contributed by atoms with Gasteiger partial charge in [-0.1, -0.05) is 13.8 Å². The average Bonchev–Trinajstić information content (AvgIpc) is 2.29. The molecule has 0 aromatic heterocycles. The molecule has 100 valence electrons. The molecular formula is C14H20INO2. The molecule has 1 unspecified atom stereocenters. The summed E-state index contributed by atoms with van der Waals surface area (Å²) in [6.07, 6.45) is 2.04. The highest BCUT2D eigenvalue weighted by Gasteiger charge is 2.14. The predicted octanol–water partition coefficient (Wildman–Crippen LogP) is 3.55. The maximum atomic E-state index is 12.0. The van der Waals surface area contributed by atoms with Gasteiger partial charge < -0.3 is 10.4 Å². The Balaban J connectivity index is 2.62. The van der Waals surface area contributed by atoms with Crippen LogP contribution in [0.25, 0.3) is 0 Å². The van der Waals surface area contributed by atoms with Gasteiger partial charge in [-0.2, -0.15) is 0 Å². The van der Waals surface area contributed by atoms with Gasteiger partial charge in [0.2, 0.25) is 0 Å². The van der Waals surface area contributed by atoms with Crippen molar-refractivity contribution in [3.8, 4) is 5.75 Å². The molecule has 1 rings (SSSR count). The highest BCUT2D eigenvalue weighted by atomic mass is 127. The summed E-state index contributed by atoms with van der Waals surface area (Å²) < 4.78 is 0.936. The Morgan fingerprint density at radius 2 is 2.00 bits per heavy atom. The lowest BCUT2D eigenvalue weighted by atomic mass is 10.0. The lowest BCUT2D eigenvalue weighted by Crippen LogP contribution is -2.32. The molecule has 0 aliphatic heterocycles. The second-order valence-electron chi connectivity index (χ2n) is 5.01. The van der Waals surface area contributed by atoms with Gasteiger partial charge in [-0.3, -0.25) is 4.79 Å². The van der Waals surface area contributed by atoms with Crippen LogP contribution in [0.15, 0.2) is 18.2 Å². The molecule has 0 bridgehead atoms. The Hall–Kier alpha value is -0.780. The van der Waals surface area contributed by atoms with Gasteiger partial charge in [-0.25, -0.2) is 0 Å². The van der Waals surface area contributed by atoms with E-state index in [0.29, 0.717) is 11.5 Å². The summed E-state index contributed by atoms with van der Waals surface area (Å²) in [5.41, 5.74) is 0.346. The van der Waals surface area contributed by atoms with Crippen molar-refractivity contribution >= 4 is 28.5 Å². The highest BCUT2D eigenvalue weighted by Crippen LogP contribution is 2.19. The van der Waals surface area contributed by atoms with Gasteiger partial charge in [0.25, 0.3) is 5.91 Å². The minimum atomic E-state index is -0.206. The third-order valence-electron chi connectivity index (χ3n) is 2.76. The van der Waals surface area contributed by atoms with E-state index in [4.69, 9.17) is 0 Å². The van der Waals surface area contributed by atoms with E-state index in [1.165, 1.54) is 0 Å². The number of amides is 1. The summed E-state index contributed by atoms with van der Waals surface area (Å²) in [5, 5.41) is 12.6. The quantitative estimate of drug-likeness (QED) is 0.788.